The van der Waals surface area contributed by atoms with Crippen LogP contribution in [-0.4, -0.2) is 31.5 Å². The van der Waals surface area contributed by atoms with Crippen LogP contribution in [0.4, 0.5) is 0 Å². The molecule has 0 fully saturated rings. The maximum absolute atomic E-state index is 12.3. The molecule has 0 amide bonds. The predicted molar refractivity (Wildman–Crippen MR) is 88.2 cm³/mol. The highest BCUT2D eigenvalue weighted by Crippen LogP contribution is 2.24. The number of aromatic nitrogens is 4. The Morgan fingerprint density at radius 3 is 2.54 bits per heavy atom. The van der Waals surface area contributed by atoms with Gasteiger partial charge < -0.3 is 9.84 Å². The van der Waals surface area contributed by atoms with Crippen molar-refractivity contribution in [1.82, 2.24) is 19.8 Å². The average molecular weight is 326 g/mol. The van der Waals surface area contributed by atoms with E-state index in [0.717, 1.165) is 0 Å². The Morgan fingerprint density at radius 2 is 1.79 bits per heavy atom. The molecule has 1 N–H and O–H groups in total. The normalized spacial score (nSPS) is 12.1. The molecule has 124 valence electrons. The lowest BCUT2D eigenvalue weighted by atomic mass is 10.1. The van der Waals surface area contributed by atoms with Crippen molar-refractivity contribution in [2.24, 2.45) is 0 Å². The highest BCUT2D eigenvalue weighted by Gasteiger charge is 2.10. The molecule has 1 heterocycles. The molecule has 0 radical (unpaired) electrons. The van der Waals surface area contributed by atoms with E-state index in [-0.39, 0.29) is 18.8 Å². The summed E-state index contributed by atoms with van der Waals surface area (Å²) in [5, 5.41) is 17.5. The molecule has 1 unspecified atom stereocenters. The summed E-state index contributed by atoms with van der Waals surface area (Å²) in [6, 6.07) is 16.4. The molecule has 2 aromatic carbocycles. The summed E-state index contributed by atoms with van der Waals surface area (Å²) in [4.78, 5) is 12.3. The van der Waals surface area contributed by atoms with Crippen molar-refractivity contribution in [3.8, 4) is 11.4 Å². The van der Waals surface area contributed by atoms with E-state index >= 15 is 0 Å². The van der Waals surface area contributed by atoms with Gasteiger partial charge >= 0.3 is 5.69 Å². The standard InChI is InChI=1S/C17H18N4O3/c1-13(22)15-9-5-6-10-16(15)24-12-11-20-17(23)21(19-18-20)14-7-3-2-4-8-14/h2-10,13,22H,11-12H2,1H3. The van der Waals surface area contributed by atoms with Crippen LogP contribution in [0.2, 0.25) is 0 Å². The largest absolute Gasteiger partial charge is 0.491 e. The molecule has 0 aliphatic rings. The van der Waals surface area contributed by atoms with Crippen LogP contribution >= 0.6 is 0 Å². The maximum Gasteiger partial charge on any atom is 0.368 e. The Labute approximate surface area is 138 Å². The number of aliphatic hydroxyl groups is 1. The van der Waals surface area contributed by atoms with Gasteiger partial charge in [-0.05, 0) is 35.5 Å². The number of benzene rings is 2. The summed E-state index contributed by atoms with van der Waals surface area (Å²) >= 11 is 0. The second-order valence-electron chi connectivity index (χ2n) is 5.29. The molecule has 0 aliphatic carbocycles. The van der Waals surface area contributed by atoms with Crippen LogP contribution in [0.5, 0.6) is 5.75 Å². The molecule has 3 aromatic rings. The lowest BCUT2D eigenvalue weighted by Gasteiger charge is -2.12. The monoisotopic (exact) mass is 326 g/mol. The molecule has 0 saturated carbocycles. The molecule has 7 heteroatoms. The van der Waals surface area contributed by atoms with Gasteiger partial charge in [-0.2, -0.15) is 9.36 Å². The number of tetrazole rings is 1. The summed E-state index contributed by atoms with van der Waals surface area (Å²) in [6.45, 7) is 2.19. The first-order chi connectivity index (χ1) is 11.7. The molecule has 24 heavy (non-hydrogen) atoms. The van der Waals surface area contributed by atoms with Crippen molar-refractivity contribution in [3.63, 3.8) is 0 Å². The third-order valence-corrected chi connectivity index (χ3v) is 3.57. The van der Waals surface area contributed by atoms with Crippen LogP contribution in [-0.2, 0) is 6.54 Å². The number of aliphatic hydroxyl groups excluding tert-OH is 1. The van der Waals surface area contributed by atoms with Gasteiger partial charge in [-0.1, -0.05) is 36.4 Å². The van der Waals surface area contributed by atoms with Gasteiger partial charge in [-0.3, -0.25) is 0 Å². The summed E-state index contributed by atoms with van der Waals surface area (Å²) < 4.78 is 8.16. The number of ether oxygens (including phenoxy) is 1. The molecule has 1 atom stereocenters. The first-order valence-electron chi connectivity index (χ1n) is 7.65. The highest BCUT2D eigenvalue weighted by molar-refractivity contribution is 5.34. The number of hydrogen-bond acceptors (Lipinski definition) is 5. The lowest BCUT2D eigenvalue weighted by molar-refractivity contribution is 0.190. The van der Waals surface area contributed by atoms with Crippen LogP contribution < -0.4 is 10.4 Å². The second kappa shape index (κ2) is 7.10. The first kappa shape index (κ1) is 15.9. The zero-order chi connectivity index (χ0) is 16.9. The fourth-order valence-electron chi connectivity index (χ4n) is 2.34. The Kier molecular flexibility index (Phi) is 4.72. The van der Waals surface area contributed by atoms with Crippen LogP contribution in [0.25, 0.3) is 5.69 Å². The maximum atomic E-state index is 12.3. The van der Waals surface area contributed by atoms with Gasteiger partial charge in [0.25, 0.3) is 0 Å². The van der Waals surface area contributed by atoms with E-state index in [2.05, 4.69) is 10.4 Å². The third-order valence-electron chi connectivity index (χ3n) is 3.57. The summed E-state index contributed by atoms with van der Waals surface area (Å²) in [5.41, 5.74) is 1.04. The Morgan fingerprint density at radius 1 is 1.08 bits per heavy atom. The topological polar surface area (TPSA) is 82.2 Å². The van der Waals surface area contributed by atoms with Gasteiger partial charge in [0.15, 0.2) is 0 Å². The molecule has 0 aliphatic heterocycles. The van der Waals surface area contributed by atoms with Gasteiger partial charge in [-0.25, -0.2) is 4.79 Å². The van der Waals surface area contributed by atoms with Crippen molar-refractivity contribution >= 4 is 0 Å². The molecule has 3 rings (SSSR count). The molecule has 1 aromatic heterocycles. The lowest BCUT2D eigenvalue weighted by Crippen LogP contribution is -2.26. The minimum Gasteiger partial charge on any atom is -0.491 e. The summed E-state index contributed by atoms with van der Waals surface area (Å²) in [7, 11) is 0. The Hall–Kier alpha value is -2.93. The smallest absolute Gasteiger partial charge is 0.368 e. The van der Waals surface area contributed by atoms with Gasteiger partial charge in [-0.15, -0.1) is 0 Å². The SMILES string of the molecule is CC(O)c1ccccc1OCCn1nnn(-c2ccccc2)c1=O. The van der Waals surface area contributed by atoms with E-state index in [9.17, 15) is 9.90 Å². The van der Waals surface area contributed by atoms with Gasteiger partial charge in [0.2, 0.25) is 0 Å². The number of nitrogens with zero attached hydrogens (tertiary/aromatic N) is 4. The average Bonchev–Trinajstić information content (AvgIpc) is 2.97. The number of rotatable bonds is 6. The van der Waals surface area contributed by atoms with E-state index < -0.39 is 6.10 Å². The van der Waals surface area contributed by atoms with Crippen LogP contribution in [0.15, 0.2) is 59.4 Å². The third kappa shape index (κ3) is 3.36. The summed E-state index contributed by atoms with van der Waals surface area (Å²) in [6.07, 6.45) is -0.622. The van der Waals surface area contributed by atoms with Crippen LogP contribution in [0.1, 0.15) is 18.6 Å². The number of para-hydroxylation sites is 2. The van der Waals surface area contributed by atoms with Gasteiger partial charge in [0.05, 0.1) is 18.3 Å². The quantitative estimate of drug-likeness (QED) is 0.743. The minimum atomic E-state index is -0.622. The molecule has 0 spiro atoms. The molecule has 7 nitrogen and oxygen atoms in total. The van der Waals surface area contributed by atoms with Crippen molar-refractivity contribution < 1.29 is 9.84 Å². The van der Waals surface area contributed by atoms with E-state index in [0.29, 0.717) is 17.0 Å². The number of hydrogen-bond donors (Lipinski definition) is 1. The molecule has 0 saturated heterocycles. The second-order valence-corrected chi connectivity index (χ2v) is 5.29. The Bertz CT molecular complexity index is 856. The molecular formula is C17H18N4O3. The predicted octanol–water partition coefficient (Wildman–Crippen LogP) is 1.56. The minimum absolute atomic E-state index is 0.247. The van der Waals surface area contributed by atoms with Gasteiger partial charge in [0, 0.05) is 5.56 Å². The summed E-state index contributed by atoms with van der Waals surface area (Å²) in [5.74, 6) is 0.594. The van der Waals surface area contributed by atoms with Crippen LogP contribution in [0.3, 0.4) is 0 Å². The van der Waals surface area contributed by atoms with Crippen molar-refractivity contribution in [3.05, 3.63) is 70.6 Å². The zero-order valence-corrected chi connectivity index (χ0v) is 13.2. The zero-order valence-electron chi connectivity index (χ0n) is 13.2. The van der Waals surface area contributed by atoms with E-state index in [1.54, 1.807) is 31.2 Å². The molecular weight excluding hydrogens is 308 g/mol. The highest BCUT2D eigenvalue weighted by atomic mass is 16.5. The van der Waals surface area contributed by atoms with E-state index in [4.69, 9.17) is 4.74 Å². The van der Waals surface area contributed by atoms with Gasteiger partial charge in [0.1, 0.15) is 12.4 Å². The van der Waals surface area contributed by atoms with Crippen molar-refractivity contribution in [2.45, 2.75) is 19.6 Å². The fourth-order valence-corrected chi connectivity index (χ4v) is 2.34. The van der Waals surface area contributed by atoms with Crippen LogP contribution in [0, 0.1) is 0 Å². The Balaban J connectivity index is 1.69. The van der Waals surface area contributed by atoms with Crippen molar-refractivity contribution in [2.75, 3.05) is 6.61 Å². The molecule has 0 bridgehead atoms. The fraction of sp³-hybridized carbons (Fsp3) is 0.235. The first-order valence-corrected chi connectivity index (χ1v) is 7.65. The van der Waals surface area contributed by atoms with Crippen molar-refractivity contribution in [1.29, 1.82) is 0 Å². The van der Waals surface area contributed by atoms with E-state index in [1.165, 1.54) is 9.36 Å². The van der Waals surface area contributed by atoms with E-state index in [1.807, 2.05) is 30.3 Å².